The summed E-state index contributed by atoms with van der Waals surface area (Å²) < 4.78 is 0.364. The second-order valence-electron chi connectivity index (χ2n) is 3.58. The molecule has 94 valence electrons. The van der Waals surface area contributed by atoms with Crippen molar-refractivity contribution in [3.05, 3.63) is 32.2 Å². The number of likely N-dealkylation sites (N-methyl/N-ethyl adjacent to an activating group) is 1. The highest BCUT2D eigenvalue weighted by Crippen LogP contribution is 2.09. The highest BCUT2D eigenvalue weighted by molar-refractivity contribution is 9.10. The average Bonchev–Trinajstić information content (AvgIpc) is 2.32. The molecule has 17 heavy (non-hydrogen) atoms. The third-order valence-corrected chi connectivity index (χ3v) is 3.43. The molecule has 1 amide bonds. The maximum Gasteiger partial charge on any atom is 0.259 e. The van der Waals surface area contributed by atoms with Crippen molar-refractivity contribution in [2.24, 2.45) is 0 Å². The standard InChI is InChI=1S/C11H15BrN2O3/c1-3-14(4-5-15)11(17)8-6-13-7(2)9(12)10(8)16/h6,15H,3-5H2,1-2H3,(H,13,16). The maximum absolute atomic E-state index is 12.0. The topological polar surface area (TPSA) is 73.4 Å². The van der Waals surface area contributed by atoms with Gasteiger partial charge in [-0.2, -0.15) is 0 Å². The summed E-state index contributed by atoms with van der Waals surface area (Å²) in [6.45, 7) is 4.09. The third-order valence-electron chi connectivity index (χ3n) is 2.48. The van der Waals surface area contributed by atoms with Crippen molar-refractivity contribution in [1.29, 1.82) is 0 Å². The predicted molar refractivity (Wildman–Crippen MR) is 68.2 cm³/mol. The first-order valence-corrected chi connectivity index (χ1v) is 6.10. The van der Waals surface area contributed by atoms with Gasteiger partial charge in [0.05, 0.1) is 11.1 Å². The molecule has 0 saturated carbocycles. The van der Waals surface area contributed by atoms with Crippen molar-refractivity contribution in [1.82, 2.24) is 9.88 Å². The van der Waals surface area contributed by atoms with E-state index in [1.165, 1.54) is 11.1 Å². The molecule has 2 N–H and O–H groups in total. The fourth-order valence-electron chi connectivity index (χ4n) is 1.45. The Morgan fingerprint density at radius 3 is 2.76 bits per heavy atom. The SMILES string of the molecule is CCN(CCO)C(=O)c1c[nH]c(C)c(Br)c1=O. The molecule has 1 heterocycles. The van der Waals surface area contributed by atoms with Crippen LogP contribution < -0.4 is 5.43 Å². The lowest BCUT2D eigenvalue weighted by atomic mass is 10.2. The molecule has 0 saturated heterocycles. The van der Waals surface area contributed by atoms with Crippen molar-refractivity contribution in [3.8, 4) is 0 Å². The molecule has 0 aliphatic rings. The molecular weight excluding hydrogens is 288 g/mol. The summed E-state index contributed by atoms with van der Waals surface area (Å²) in [5.74, 6) is -0.372. The van der Waals surface area contributed by atoms with Gasteiger partial charge in [0, 0.05) is 25.0 Å². The van der Waals surface area contributed by atoms with Crippen LogP contribution in [0.5, 0.6) is 0 Å². The van der Waals surface area contributed by atoms with E-state index < -0.39 is 0 Å². The smallest absolute Gasteiger partial charge is 0.259 e. The van der Waals surface area contributed by atoms with Gasteiger partial charge < -0.3 is 15.0 Å². The van der Waals surface area contributed by atoms with Crippen molar-refractivity contribution in [2.45, 2.75) is 13.8 Å². The number of aryl methyl sites for hydroxylation is 1. The minimum Gasteiger partial charge on any atom is -0.395 e. The summed E-state index contributed by atoms with van der Waals surface area (Å²) in [4.78, 5) is 28.2. The number of aliphatic hydroxyl groups is 1. The van der Waals surface area contributed by atoms with Crippen LogP contribution in [0.25, 0.3) is 0 Å². The van der Waals surface area contributed by atoms with Gasteiger partial charge in [-0.1, -0.05) is 0 Å². The van der Waals surface area contributed by atoms with Crippen LogP contribution in [0.3, 0.4) is 0 Å². The van der Waals surface area contributed by atoms with Crippen molar-refractivity contribution >= 4 is 21.8 Å². The van der Waals surface area contributed by atoms with Crippen LogP contribution in [0.4, 0.5) is 0 Å². The maximum atomic E-state index is 12.0. The lowest BCUT2D eigenvalue weighted by Gasteiger charge is -2.19. The van der Waals surface area contributed by atoms with Gasteiger partial charge in [-0.15, -0.1) is 0 Å². The summed E-state index contributed by atoms with van der Waals surface area (Å²) in [5.41, 5.74) is 0.428. The number of halogens is 1. The normalized spacial score (nSPS) is 10.4. The van der Waals surface area contributed by atoms with Gasteiger partial charge in [0.15, 0.2) is 0 Å². The Kier molecular flexibility index (Phi) is 4.89. The molecule has 0 spiro atoms. The zero-order valence-electron chi connectivity index (χ0n) is 9.79. The molecule has 0 aliphatic carbocycles. The van der Waals surface area contributed by atoms with Crippen molar-refractivity contribution < 1.29 is 9.90 Å². The number of hydrogen-bond donors (Lipinski definition) is 2. The molecule has 0 bridgehead atoms. The number of hydrogen-bond acceptors (Lipinski definition) is 3. The van der Waals surface area contributed by atoms with E-state index in [4.69, 9.17) is 5.11 Å². The molecule has 1 aromatic rings. The predicted octanol–water partition coefficient (Wildman–Crippen LogP) is 0.900. The first kappa shape index (κ1) is 13.9. The van der Waals surface area contributed by atoms with E-state index in [1.54, 1.807) is 13.8 Å². The number of pyridine rings is 1. The zero-order valence-corrected chi connectivity index (χ0v) is 11.4. The molecule has 0 radical (unpaired) electrons. The third kappa shape index (κ3) is 2.95. The Bertz CT molecular complexity index is 470. The van der Waals surface area contributed by atoms with E-state index >= 15 is 0 Å². The number of aromatic amines is 1. The molecule has 0 aliphatic heterocycles. The van der Waals surface area contributed by atoms with Crippen LogP contribution in [-0.2, 0) is 0 Å². The Hall–Kier alpha value is -1.14. The van der Waals surface area contributed by atoms with Crippen LogP contribution in [0.15, 0.2) is 15.5 Å². The molecule has 1 rings (SSSR count). The van der Waals surface area contributed by atoms with E-state index in [0.717, 1.165) is 0 Å². The summed E-state index contributed by atoms with van der Waals surface area (Å²) in [6, 6.07) is 0. The summed E-state index contributed by atoms with van der Waals surface area (Å²) in [6.07, 6.45) is 1.41. The quantitative estimate of drug-likeness (QED) is 0.868. The van der Waals surface area contributed by atoms with E-state index in [2.05, 4.69) is 20.9 Å². The fourth-order valence-corrected chi connectivity index (χ4v) is 1.78. The van der Waals surface area contributed by atoms with E-state index in [0.29, 0.717) is 16.7 Å². The Morgan fingerprint density at radius 2 is 2.24 bits per heavy atom. The first-order chi connectivity index (χ1) is 8.02. The summed E-state index contributed by atoms with van der Waals surface area (Å²) in [7, 11) is 0. The highest BCUT2D eigenvalue weighted by atomic mass is 79.9. The number of rotatable bonds is 4. The van der Waals surface area contributed by atoms with Crippen LogP contribution in [0, 0.1) is 6.92 Å². The van der Waals surface area contributed by atoms with Crippen LogP contribution in [-0.4, -0.2) is 40.6 Å². The molecule has 6 heteroatoms. The second kappa shape index (κ2) is 5.97. The molecule has 1 aromatic heterocycles. The Balaban J connectivity index is 3.12. The van der Waals surface area contributed by atoms with Crippen molar-refractivity contribution in [2.75, 3.05) is 19.7 Å². The monoisotopic (exact) mass is 302 g/mol. The zero-order chi connectivity index (χ0) is 13.0. The van der Waals surface area contributed by atoms with Gasteiger partial charge in [-0.05, 0) is 29.8 Å². The van der Waals surface area contributed by atoms with E-state index in [9.17, 15) is 9.59 Å². The van der Waals surface area contributed by atoms with Crippen LogP contribution >= 0.6 is 15.9 Å². The number of nitrogens with zero attached hydrogens (tertiary/aromatic N) is 1. The number of amides is 1. The first-order valence-electron chi connectivity index (χ1n) is 5.30. The number of H-pyrrole nitrogens is 1. The van der Waals surface area contributed by atoms with E-state index in [1.807, 2.05) is 0 Å². The Labute approximate surface area is 108 Å². The molecule has 0 unspecified atom stereocenters. The molecule has 0 atom stereocenters. The molecular formula is C11H15BrN2O3. The number of aromatic nitrogens is 1. The summed E-state index contributed by atoms with van der Waals surface area (Å²) in [5, 5.41) is 8.84. The molecule has 0 fully saturated rings. The number of nitrogens with one attached hydrogen (secondary N) is 1. The number of aliphatic hydroxyl groups excluding tert-OH is 1. The van der Waals surface area contributed by atoms with Crippen LogP contribution in [0.1, 0.15) is 23.0 Å². The van der Waals surface area contributed by atoms with Gasteiger partial charge in [0.1, 0.15) is 5.56 Å². The van der Waals surface area contributed by atoms with Gasteiger partial charge >= 0.3 is 0 Å². The van der Waals surface area contributed by atoms with Crippen molar-refractivity contribution in [3.63, 3.8) is 0 Å². The lowest BCUT2D eigenvalue weighted by molar-refractivity contribution is 0.0730. The largest absolute Gasteiger partial charge is 0.395 e. The van der Waals surface area contributed by atoms with Gasteiger partial charge in [-0.3, -0.25) is 9.59 Å². The van der Waals surface area contributed by atoms with E-state index in [-0.39, 0.29) is 30.1 Å². The number of carbonyl (C=O) groups is 1. The highest BCUT2D eigenvalue weighted by Gasteiger charge is 2.18. The number of carbonyl (C=O) groups excluding carboxylic acids is 1. The Morgan fingerprint density at radius 1 is 1.59 bits per heavy atom. The van der Waals surface area contributed by atoms with Gasteiger partial charge in [-0.25, -0.2) is 0 Å². The second-order valence-corrected chi connectivity index (χ2v) is 4.37. The molecule has 5 nitrogen and oxygen atoms in total. The van der Waals surface area contributed by atoms with Gasteiger partial charge in [0.2, 0.25) is 5.43 Å². The minimum absolute atomic E-state index is 0.0813. The lowest BCUT2D eigenvalue weighted by Crippen LogP contribution is -2.36. The van der Waals surface area contributed by atoms with Gasteiger partial charge in [0.25, 0.3) is 5.91 Å². The fraction of sp³-hybridized carbons (Fsp3) is 0.455. The van der Waals surface area contributed by atoms with Crippen LogP contribution in [0.2, 0.25) is 0 Å². The average molecular weight is 303 g/mol. The molecule has 0 aromatic carbocycles. The minimum atomic E-state index is -0.372. The summed E-state index contributed by atoms with van der Waals surface area (Å²) >= 11 is 3.14.